The van der Waals surface area contributed by atoms with Crippen LogP contribution in [0.1, 0.15) is 28.7 Å². The molecule has 1 N–H and O–H groups in total. The summed E-state index contributed by atoms with van der Waals surface area (Å²) in [7, 11) is 0. The molecule has 0 spiro atoms. The van der Waals surface area contributed by atoms with Crippen LogP contribution in [0.15, 0.2) is 60.8 Å². The van der Waals surface area contributed by atoms with Gasteiger partial charge in [0, 0.05) is 11.6 Å². The van der Waals surface area contributed by atoms with Gasteiger partial charge >= 0.3 is 0 Å². The topological polar surface area (TPSA) is 38.1 Å². The molecular formula is C18H17ClN2O. The fourth-order valence-corrected chi connectivity index (χ4v) is 2.72. The van der Waals surface area contributed by atoms with Crippen LogP contribution in [0.2, 0.25) is 5.02 Å². The molecule has 3 rings (SSSR count). The quantitative estimate of drug-likeness (QED) is 0.791. The Balaban J connectivity index is 1.95. The van der Waals surface area contributed by atoms with Gasteiger partial charge in [-0.2, -0.15) is 0 Å². The highest BCUT2D eigenvalue weighted by Gasteiger charge is 2.17. The van der Waals surface area contributed by atoms with Crippen LogP contribution >= 0.6 is 11.6 Å². The van der Waals surface area contributed by atoms with Gasteiger partial charge in [0.25, 0.3) is 0 Å². The minimum Gasteiger partial charge on any atom is -0.382 e. The maximum Gasteiger partial charge on any atom is 0.121 e. The Morgan fingerprint density at radius 2 is 1.91 bits per heavy atom. The first-order valence-corrected chi connectivity index (χ1v) is 7.52. The number of rotatable bonds is 4. The van der Waals surface area contributed by atoms with Gasteiger partial charge in [-0.15, -0.1) is 0 Å². The molecule has 3 nitrogen and oxygen atoms in total. The van der Waals surface area contributed by atoms with Crippen molar-refractivity contribution in [1.82, 2.24) is 9.55 Å². The zero-order valence-electron chi connectivity index (χ0n) is 12.3. The summed E-state index contributed by atoms with van der Waals surface area (Å²) in [5, 5.41) is 11.3. The highest BCUT2D eigenvalue weighted by atomic mass is 35.5. The number of benzene rings is 2. The molecular weight excluding hydrogens is 296 g/mol. The van der Waals surface area contributed by atoms with Crippen LogP contribution in [0.5, 0.6) is 0 Å². The maximum atomic E-state index is 10.7. The Labute approximate surface area is 134 Å². The number of aliphatic hydroxyl groups is 1. The number of hydrogen-bond acceptors (Lipinski definition) is 2. The Morgan fingerprint density at radius 3 is 2.64 bits per heavy atom. The van der Waals surface area contributed by atoms with Crippen LogP contribution < -0.4 is 0 Å². The predicted octanol–water partition coefficient (Wildman–Crippen LogP) is 3.97. The van der Waals surface area contributed by atoms with Crippen molar-refractivity contribution in [2.24, 2.45) is 0 Å². The molecule has 0 aliphatic rings. The molecule has 0 aliphatic carbocycles. The summed E-state index contributed by atoms with van der Waals surface area (Å²) >= 11 is 6.02. The van der Waals surface area contributed by atoms with Crippen molar-refractivity contribution in [1.29, 1.82) is 0 Å². The van der Waals surface area contributed by atoms with Crippen molar-refractivity contribution >= 4 is 11.6 Å². The number of aliphatic hydroxyl groups excluding tert-OH is 1. The largest absolute Gasteiger partial charge is 0.382 e. The molecule has 22 heavy (non-hydrogen) atoms. The number of imidazole rings is 1. The second kappa shape index (κ2) is 6.34. The molecule has 1 aromatic heterocycles. The lowest BCUT2D eigenvalue weighted by Crippen LogP contribution is -2.11. The van der Waals surface area contributed by atoms with Crippen molar-refractivity contribution < 1.29 is 5.11 Å². The first kappa shape index (κ1) is 14.8. The lowest BCUT2D eigenvalue weighted by Gasteiger charge is -2.16. The molecule has 1 heterocycles. The van der Waals surface area contributed by atoms with E-state index >= 15 is 0 Å². The van der Waals surface area contributed by atoms with E-state index in [0.717, 1.165) is 17.1 Å². The second-order valence-corrected chi connectivity index (χ2v) is 5.70. The lowest BCUT2D eigenvalue weighted by molar-refractivity contribution is 0.210. The Bertz CT molecular complexity index is 768. The number of hydrogen-bond donors (Lipinski definition) is 1. The molecule has 0 radical (unpaired) electrons. The van der Waals surface area contributed by atoms with E-state index in [1.807, 2.05) is 41.8 Å². The Hall–Kier alpha value is -2.10. The monoisotopic (exact) mass is 312 g/mol. The molecule has 0 fully saturated rings. The van der Waals surface area contributed by atoms with Crippen molar-refractivity contribution in [3.05, 3.63) is 88.5 Å². The second-order valence-electron chi connectivity index (χ2n) is 5.26. The third-order valence-electron chi connectivity index (χ3n) is 3.71. The Morgan fingerprint density at radius 1 is 1.14 bits per heavy atom. The van der Waals surface area contributed by atoms with Crippen LogP contribution in [0, 0.1) is 6.92 Å². The predicted molar refractivity (Wildman–Crippen MR) is 88.0 cm³/mol. The van der Waals surface area contributed by atoms with Crippen molar-refractivity contribution in [2.45, 2.75) is 19.6 Å². The van der Waals surface area contributed by atoms with Crippen LogP contribution in [0.25, 0.3) is 0 Å². The first-order valence-electron chi connectivity index (χ1n) is 7.14. The summed E-state index contributed by atoms with van der Waals surface area (Å²) in [4.78, 5) is 4.35. The SMILES string of the molecule is Cc1ncc(C(O)c2cccc(Cl)c2)n1Cc1ccccc1. The van der Waals surface area contributed by atoms with E-state index in [2.05, 4.69) is 17.1 Å². The third-order valence-corrected chi connectivity index (χ3v) is 3.95. The summed E-state index contributed by atoms with van der Waals surface area (Å²) in [5.74, 6) is 0.875. The van der Waals surface area contributed by atoms with Gasteiger partial charge < -0.3 is 9.67 Å². The van der Waals surface area contributed by atoms with Crippen LogP contribution in [0.3, 0.4) is 0 Å². The fraction of sp³-hybridized carbons (Fsp3) is 0.167. The molecule has 0 amide bonds. The first-order chi connectivity index (χ1) is 10.6. The highest BCUT2D eigenvalue weighted by Crippen LogP contribution is 2.25. The zero-order valence-corrected chi connectivity index (χ0v) is 13.0. The minimum absolute atomic E-state index is 0.613. The molecule has 0 aliphatic heterocycles. The van der Waals surface area contributed by atoms with E-state index in [1.54, 1.807) is 18.3 Å². The van der Waals surface area contributed by atoms with E-state index in [9.17, 15) is 5.11 Å². The molecule has 112 valence electrons. The zero-order chi connectivity index (χ0) is 15.5. The van der Waals surface area contributed by atoms with E-state index < -0.39 is 6.10 Å². The Kier molecular flexibility index (Phi) is 4.27. The van der Waals surface area contributed by atoms with Gasteiger partial charge in [-0.3, -0.25) is 0 Å². The molecule has 3 aromatic rings. The summed E-state index contributed by atoms with van der Waals surface area (Å²) in [5.41, 5.74) is 2.70. The maximum absolute atomic E-state index is 10.7. The molecule has 4 heteroatoms. The van der Waals surface area contributed by atoms with Crippen LogP contribution in [-0.4, -0.2) is 14.7 Å². The summed E-state index contributed by atoms with van der Waals surface area (Å²) in [6, 6.07) is 17.4. The molecule has 1 unspecified atom stereocenters. The van der Waals surface area contributed by atoms with Crippen molar-refractivity contribution in [3.63, 3.8) is 0 Å². The van der Waals surface area contributed by atoms with Crippen molar-refractivity contribution in [2.75, 3.05) is 0 Å². The van der Waals surface area contributed by atoms with E-state index in [0.29, 0.717) is 11.6 Å². The van der Waals surface area contributed by atoms with Gasteiger partial charge in [-0.1, -0.05) is 54.1 Å². The standard InChI is InChI=1S/C18H17ClN2O/c1-13-20-11-17(18(22)15-8-5-9-16(19)10-15)21(13)12-14-6-3-2-4-7-14/h2-11,18,22H,12H2,1H3. The molecule has 0 bridgehead atoms. The van der Waals surface area contributed by atoms with E-state index in [-0.39, 0.29) is 0 Å². The van der Waals surface area contributed by atoms with Crippen molar-refractivity contribution in [3.8, 4) is 0 Å². The molecule has 0 saturated carbocycles. The number of halogens is 1. The molecule has 0 saturated heterocycles. The molecule has 2 aromatic carbocycles. The van der Waals surface area contributed by atoms with Gasteiger partial charge in [0.2, 0.25) is 0 Å². The summed E-state index contributed by atoms with van der Waals surface area (Å²) < 4.78 is 2.03. The van der Waals surface area contributed by atoms with Gasteiger partial charge in [0.05, 0.1) is 11.9 Å². The number of aromatic nitrogens is 2. The number of aryl methyl sites for hydroxylation is 1. The summed E-state index contributed by atoms with van der Waals surface area (Å²) in [6.07, 6.45) is 0.979. The van der Waals surface area contributed by atoms with Crippen LogP contribution in [-0.2, 0) is 6.54 Å². The summed E-state index contributed by atoms with van der Waals surface area (Å²) in [6.45, 7) is 2.62. The van der Waals surface area contributed by atoms with E-state index in [1.165, 1.54) is 5.56 Å². The van der Waals surface area contributed by atoms with Crippen LogP contribution in [0.4, 0.5) is 0 Å². The van der Waals surface area contributed by atoms with Gasteiger partial charge in [-0.05, 0) is 30.2 Å². The van der Waals surface area contributed by atoms with Gasteiger partial charge in [0.15, 0.2) is 0 Å². The van der Waals surface area contributed by atoms with E-state index in [4.69, 9.17) is 11.6 Å². The average Bonchev–Trinajstić information content (AvgIpc) is 2.89. The molecule has 1 atom stereocenters. The third kappa shape index (κ3) is 3.06. The van der Waals surface area contributed by atoms with Gasteiger partial charge in [0.1, 0.15) is 11.9 Å². The highest BCUT2D eigenvalue weighted by molar-refractivity contribution is 6.30. The average molecular weight is 313 g/mol. The smallest absolute Gasteiger partial charge is 0.121 e. The fourth-order valence-electron chi connectivity index (χ4n) is 2.52. The normalized spacial score (nSPS) is 12.3. The minimum atomic E-state index is -0.747. The van der Waals surface area contributed by atoms with Gasteiger partial charge in [-0.25, -0.2) is 4.98 Å². The lowest BCUT2D eigenvalue weighted by atomic mass is 10.1. The number of nitrogens with zero attached hydrogens (tertiary/aromatic N) is 2.